The van der Waals surface area contributed by atoms with Crippen molar-refractivity contribution in [2.24, 2.45) is 0 Å². The highest BCUT2D eigenvalue weighted by Crippen LogP contribution is 2.19. The van der Waals surface area contributed by atoms with Crippen LogP contribution in [0.4, 0.5) is 5.69 Å². The van der Waals surface area contributed by atoms with E-state index in [2.05, 4.69) is 4.72 Å². The Hall–Kier alpha value is -1.51. The Kier molecular flexibility index (Phi) is 5.40. The molecule has 0 radical (unpaired) electrons. The summed E-state index contributed by atoms with van der Waals surface area (Å²) in [5.41, 5.74) is -0.116. The van der Waals surface area contributed by atoms with Crippen LogP contribution in [0.25, 0.3) is 0 Å². The Morgan fingerprint density at radius 3 is 2.63 bits per heavy atom. The van der Waals surface area contributed by atoms with Gasteiger partial charge in [-0.05, 0) is 6.42 Å². The molecule has 1 atom stereocenters. The average molecular weight is 288 g/mol. The fourth-order valence-corrected chi connectivity index (χ4v) is 2.64. The van der Waals surface area contributed by atoms with E-state index in [1.807, 2.05) is 0 Å². The quantitative estimate of drug-likeness (QED) is 0.569. The smallest absolute Gasteiger partial charge is 0.273 e. The number of nitro benzene ring substituents is 1. The van der Waals surface area contributed by atoms with Crippen LogP contribution in [0.2, 0.25) is 0 Å². The van der Waals surface area contributed by atoms with E-state index in [0.29, 0.717) is 6.42 Å². The van der Waals surface area contributed by atoms with E-state index >= 15 is 0 Å². The molecule has 7 nitrogen and oxygen atoms in total. The summed E-state index contributed by atoms with van der Waals surface area (Å²) in [5.74, 6) is -0.486. The van der Waals surface area contributed by atoms with Gasteiger partial charge < -0.3 is 5.11 Å². The summed E-state index contributed by atoms with van der Waals surface area (Å²) < 4.78 is 25.7. The second-order valence-corrected chi connectivity index (χ2v) is 5.86. The third-order valence-electron chi connectivity index (χ3n) is 2.54. The average Bonchev–Trinajstić information content (AvgIpc) is 2.36. The third kappa shape index (κ3) is 4.93. The molecule has 0 spiro atoms. The standard InChI is InChI=1S/C11H16N2O5S/c1-2-10(14)7-12-19(17,18)8-9-5-3-4-6-11(9)13(15)16/h3-6,10,12,14H,2,7-8H2,1H3. The molecule has 19 heavy (non-hydrogen) atoms. The van der Waals surface area contributed by atoms with E-state index in [0.717, 1.165) is 0 Å². The molecule has 0 aliphatic heterocycles. The molecule has 0 aliphatic rings. The van der Waals surface area contributed by atoms with E-state index in [-0.39, 0.29) is 17.8 Å². The topological polar surface area (TPSA) is 110 Å². The van der Waals surface area contributed by atoms with E-state index in [9.17, 15) is 23.6 Å². The molecule has 1 rings (SSSR count). The summed E-state index contributed by atoms with van der Waals surface area (Å²) in [6.45, 7) is 1.63. The number of para-hydroxylation sites is 1. The second-order valence-electron chi connectivity index (χ2n) is 4.06. The van der Waals surface area contributed by atoms with Crippen LogP contribution < -0.4 is 4.72 Å². The highest BCUT2D eigenvalue weighted by Gasteiger charge is 2.19. The zero-order chi connectivity index (χ0) is 14.5. The van der Waals surface area contributed by atoms with Crippen LogP contribution in [0.15, 0.2) is 24.3 Å². The molecule has 8 heteroatoms. The molecule has 1 aromatic carbocycles. The lowest BCUT2D eigenvalue weighted by atomic mass is 10.2. The van der Waals surface area contributed by atoms with E-state index in [1.54, 1.807) is 13.0 Å². The predicted octanol–water partition coefficient (Wildman–Crippen LogP) is 0.785. The van der Waals surface area contributed by atoms with Gasteiger partial charge in [0.25, 0.3) is 5.69 Å². The number of hydrogen-bond acceptors (Lipinski definition) is 5. The lowest BCUT2D eigenvalue weighted by Crippen LogP contribution is -2.32. The molecule has 0 aromatic heterocycles. The Labute approximate surface area is 111 Å². The van der Waals surface area contributed by atoms with Crippen LogP contribution in [0.5, 0.6) is 0 Å². The van der Waals surface area contributed by atoms with Crippen LogP contribution >= 0.6 is 0 Å². The summed E-state index contributed by atoms with van der Waals surface area (Å²) in [4.78, 5) is 10.2. The molecule has 0 bridgehead atoms. The van der Waals surface area contributed by atoms with Crippen LogP contribution in [0.1, 0.15) is 18.9 Å². The zero-order valence-electron chi connectivity index (χ0n) is 10.4. The lowest BCUT2D eigenvalue weighted by Gasteiger charge is -2.10. The molecule has 1 aromatic rings. The van der Waals surface area contributed by atoms with Crippen molar-refractivity contribution in [1.82, 2.24) is 4.72 Å². The maximum Gasteiger partial charge on any atom is 0.273 e. The molecular weight excluding hydrogens is 272 g/mol. The molecular formula is C11H16N2O5S. The van der Waals surface area contributed by atoms with Gasteiger partial charge in [-0.25, -0.2) is 13.1 Å². The van der Waals surface area contributed by atoms with Crippen molar-refractivity contribution in [3.8, 4) is 0 Å². The number of sulfonamides is 1. The molecule has 0 fully saturated rings. The summed E-state index contributed by atoms with van der Waals surface area (Å²) in [6, 6.07) is 5.67. The number of nitrogens with one attached hydrogen (secondary N) is 1. The van der Waals surface area contributed by atoms with Crippen molar-refractivity contribution in [3.63, 3.8) is 0 Å². The Morgan fingerprint density at radius 1 is 1.42 bits per heavy atom. The Balaban J connectivity index is 2.81. The van der Waals surface area contributed by atoms with Crippen LogP contribution in [-0.4, -0.2) is 31.1 Å². The van der Waals surface area contributed by atoms with Crippen molar-refractivity contribution < 1.29 is 18.4 Å². The number of hydrogen-bond donors (Lipinski definition) is 2. The van der Waals surface area contributed by atoms with Gasteiger partial charge in [0.2, 0.25) is 10.0 Å². The van der Waals surface area contributed by atoms with Gasteiger partial charge in [0.05, 0.1) is 16.8 Å². The van der Waals surface area contributed by atoms with Gasteiger partial charge in [0.1, 0.15) is 0 Å². The minimum absolute atomic E-state index is 0.0978. The van der Waals surface area contributed by atoms with Gasteiger partial charge in [-0.1, -0.05) is 25.1 Å². The van der Waals surface area contributed by atoms with Crippen LogP contribution in [-0.2, 0) is 15.8 Å². The molecule has 106 valence electrons. The predicted molar refractivity (Wildman–Crippen MR) is 70.0 cm³/mol. The molecule has 0 saturated carbocycles. The summed E-state index contributed by atoms with van der Waals surface area (Å²) in [7, 11) is -3.71. The Morgan fingerprint density at radius 2 is 2.05 bits per heavy atom. The largest absolute Gasteiger partial charge is 0.392 e. The van der Waals surface area contributed by atoms with Gasteiger partial charge in [-0.15, -0.1) is 0 Å². The molecule has 1 unspecified atom stereocenters. The summed E-state index contributed by atoms with van der Waals surface area (Å²) in [6.07, 6.45) is -0.339. The molecule has 0 amide bonds. The van der Waals surface area contributed by atoms with Crippen molar-refractivity contribution in [1.29, 1.82) is 0 Å². The number of aliphatic hydroxyl groups excluding tert-OH is 1. The fraction of sp³-hybridized carbons (Fsp3) is 0.455. The normalized spacial score (nSPS) is 13.2. The molecule has 0 heterocycles. The minimum Gasteiger partial charge on any atom is -0.392 e. The van der Waals surface area contributed by atoms with Crippen molar-refractivity contribution in [2.75, 3.05) is 6.54 Å². The fourth-order valence-electron chi connectivity index (χ4n) is 1.43. The first-order chi connectivity index (χ1) is 8.85. The third-order valence-corrected chi connectivity index (χ3v) is 3.84. The first kappa shape index (κ1) is 15.5. The monoisotopic (exact) mass is 288 g/mol. The first-order valence-electron chi connectivity index (χ1n) is 5.73. The number of aliphatic hydroxyl groups is 1. The highest BCUT2D eigenvalue weighted by atomic mass is 32.2. The van der Waals surface area contributed by atoms with Gasteiger partial charge in [-0.3, -0.25) is 10.1 Å². The van der Waals surface area contributed by atoms with Crippen molar-refractivity contribution in [2.45, 2.75) is 25.2 Å². The number of rotatable bonds is 7. The highest BCUT2D eigenvalue weighted by molar-refractivity contribution is 7.88. The molecule has 0 saturated heterocycles. The maximum absolute atomic E-state index is 11.8. The zero-order valence-corrected chi connectivity index (χ0v) is 11.3. The first-order valence-corrected chi connectivity index (χ1v) is 7.38. The number of benzene rings is 1. The minimum atomic E-state index is -3.71. The van der Waals surface area contributed by atoms with Crippen LogP contribution in [0.3, 0.4) is 0 Å². The molecule has 0 aliphatic carbocycles. The second kappa shape index (κ2) is 6.60. The molecule has 2 N–H and O–H groups in total. The van der Waals surface area contributed by atoms with Crippen molar-refractivity contribution >= 4 is 15.7 Å². The number of nitro groups is 1. The van der Waals surface area contributed by atoms with E-state index in [1.165, 1.54) is 18.2 Å². The summed E-state index contributed by atoms with van der Waals surface area (Å²) in [5, 5.41) is 20.1. The summed E-state index contributed by atoms with van der Waals surface area (Å²) >= 11 is 0. The van der Waals surface area contributed by atoms with Gasteiger partial charge in [-0.2, -0.15) is 0 Å². The van der Waals surface area contributed by atoms with Crippen molar-refractivity contribution in [3.05, 3.63) is 39.9 Å². The van der Waals surface area contributed by atoms with Gasteiger partial charge in [0, 0.05) is 18.2 Å². The van der Waals surface area contributed by atoms with Gasteiger partial charge >= 0.3 is 0 Å². The maximum atomic E-state index is 11.8. The van der Waals surface area contributed by atoms with E-state index in [4.69, 9.17) is 0 Å². The van der Waals surface area contributed by atoms with E-state index < -0.39 is 26.8 Å². The Bertz CT molecular complexity index is 544. The SMILES string of the molecule is CCC(O)CNS(=O)(=O)Cc1ccccc1[N+](=O)[O-]. The van der Waals surface area contributed by atoms with Gasteiger partial charge in [0.15, 0.2) is 0 Å². The number of nitrogens with zero attached hydrogens (tertiary/aromatic N) is 1. The lowest BCUT2D eigenvalue weighted by molar-refractivity contribution is -0.385. The van der Waals surface area contributed by atoms with Crippen LogP contribution in [0, 0.1) is 10.1 Å².